The number of likely N-dealkylation sites (tertiary alicyclic amines) is 1. The lowest BCUT2D eigenvalue weighted by molar-refractivity contribution is -0.00761. The van der Waals surface area contributed by atoms with Gasteiger partial charge in [0.25, 0.3) is 5.91 Å². The Bertz CT molecular complexity index is 769. The highest BCUT2D eigenvalue weighted by molar-refractivity contribution is 6.36. The van der Waals surface area contributed by atoms with Crippen molar-refractivity contribution in [1.82, 2.24) is 4.90 Å². The summed E-state index contributed by atoms with van der Waals surface area (Å²) in [6, 6.07) is 11.4. The average molecular weight is 382 g/mol. The van der Waals surface area contributed by atoms with Crippen LogP contribution in [0.2, 0.25) is 10.0 Å². The molecule has 1 unspecified atom stereocenters. The van der Waals surface area contributed by atoms with E-state index in [2.05, 4.69) is 0 Å². The quantitative estimate of drug-likeness (QED) is 0.749. The van der Waals surface area contributed by atoms with Crippen molar-refractivity contribution >= 4 is 29.1 Å². The van der Waals surface area contributed by atoms with E-state index >= 15 is 0 Å². The van der Waals surface area contributed by atoms with Gasteiger partial charge in [-0.15, -0.1) is 0 Å². The van der Waals surface area contributed by atoms with Crippen LogP contribution in [0.5, 0.6) is 0 Å². The maximum absolute atomic E-state index is 13.7. The van der Waals surface area contributed by atoms with Gasteiger partial charge >= 0.3 is 0 Å². The normalized spacial score (nSPS) is 17.6. The predicted molar refractivity (Wildman–Crippen MR) is 96.6 cm³/mol. The van der Waals surface area contributed by atoms with Gasteiger partial charge in [-0.3, -0.25) is 4.79 Å². The van der Waals surface area contributed by atoms with Crippen LogP contribution >= 0.6 is 23.2 Å². The number of nitrogens with zero attached hydrogens (tertiary/aromatic N) is 1. The summed E-state index contributed by atoms with van der Waals surface area (Å²) in [6.07, 6.45) is 1.55. The van der Waals surface area contributed by atoms with Gasteiger partial charge in [-0.05, 0) is 37.1 Å². The first kappa shape index (κ1) is 18.2. The molecular weight excluding hydrogens is 364 g/mol. The number of halogens is 3. The Morgan fingerprint density at radius 1 is 1.24 bits per heavy atom. The summed E-state index contributed by atoms with van der Waals surface area (Å²) < 4.78 is 19.5. The predicted octanol–water partition coefficient (Wildman–Crippen LogP) is 4.95. The summed E-state index contributed by atoms with van der Waals surface area (Å²) in [5.74, 6) is -0.417. The van der Waals surface area contributed by atoms with Crippen LogP contribution in [-0.2, 0) is 11.3 Å². The summed E-state index contributed by atoms with van der Waals surface area (Å²) in [7, 11) is 0. The number of piperidine rings is 1. The van der Waals surface area contributed by atoms with Gasteiger partial charge in [0.05, 0.1) is 23.3 Å². The van der Waals surface area contributed by atoms with Crippen LogP contribution in [0.25, 0.3) is 0 Å². The Kier molecular flexibility index (Phi) is 5.94. The maximum atomic E-state index is 13.7. The number of carbonyl (C=O) groups is 1. The summed E-state index contributed by atoms with van der Waals surface area (Å²) >= 11 is 12.0. The van der Waals surface area contributed by atoms with Crippen LogP contribution in [-0.4, -0.2) is 30.0 Å². The summed E-state index contributed by atoms with van der Waals surface area (Å²) in [6.45, 7) is 1.31. The fourth-order valence-electron chi connectivity index (χ4n) is 2.92. The van der Waals surface area contributed by atoms with E-state index in [0.29, 0.717) is 34.3 Å². The van der Waals surface area contributed by atoms with Crippen molar-refractivity contribution in [3.05, 3.63) is 69.5 Å². The number of hydrogen-bond donors (Lipinski definition) is 0. The molecule has 2 aromatic rings. The molecule has 0 aromatic heterocycles. The highest BCUT2D eigenvalue weighted by Crippen LogP contribution is 2.24. The van der Waals surface area contributed by atoms with Crippen molar-refractivity contribution in [3.63, 3.8) is 0 Å². The SMILES string of the molecule is O=C(c1ccc(Cl)cc1Cl)N1CCCC(OCc2ccccc2F)C1. The fourth-order valence-corrected chi connectivity index (χ4v) is 3.40. The first-order valence-corrected chi connectivity index (χ1v) is 8.89. The van der Waals surface area contributed by atoms with Gasteiger partial charge in [-0.2, -0.15) is 0 Å². The molecule has 1 fully saturated rings. The third-order valence-electron chi connectivity index (χ3n) is 4.26. The molecule has 0 bridgehead atoms. The molecule has 25 heavy (non-hydrogen) atoms. The second-order valence-corrected chi connectivity index (χ2v) is 6.89. The summed E-state index contributed by atoms with van der Waals surface area (Å²) in [5.41, 5.74) is 0.951. The van der Waals surface area contributed by atoms with E-state index in [9.17, 15) is 9.18 Å². The number of hydrogen-bond acceptors (Lipinski definition) is 2. The van der Waals surface area contributed by atoms with Crippen molar-refractivity contribution in [2.24, 2.45) is 0 Å². The van der Waals surface area contributed by atoms with Crippen molar-refractivity contribution in [3.8, 4) is 0 Å². The zero-order valence-electron chi connectivity index (χ0n) is 13.6. The molecule has 1 heterocycles. The van der Waals surface area contributed by atoms with E-state index in [0.717, 1.165) is 12.8 Å². The Hall–Kier alpha value is -1.62. The molecule has 3 nitrogen and oxygen atoms in total. The molecule has 0 saturated carbocycles. The molecule has 1 saturated heterocycles. The smallest absolute Gasteiger partial charge is 0.255 e. The largest absolute Gasteiger partial charge is 0.372 e. The van der Waals surface area contributed by atoms with E-state index in [1.54, 1.807) is 41.3 Å². The van der Waals surface area contributed by atoms with Gasteiger partial charge in [0.2, 0.25) is 0 Å². The minimum absolute atomic E-state index is 0.122. The monoisotopic (exact) mass is 381 g/mol. The molecule has 0 N–H and O–H groups in total. The Morgan fingerprint density at radius 3 is 2.80 bits per heavy atom. The lowest BCUT2D eigenvalue weighted by Gasteiger charge is -2.33. The van der Waals surface area contributed by atoms with Crippen molar-refractivity contribution in [2.75, 3.05) is 13.1 Å². The van der Waals surface area contributed by atoms with Gasteiger partial charge < -0.3 is 9.64 Å². The van der Waals surface area contributed by atoms with Gasteiger partial charge in [-0.1, -0.05) is 41.4 Å². The van der Waals surface area contributed by atoms with Crippen molar-refractivity contribution in [1.29, 1.82) is 0 Å². The van der Waals surface area contributed by atoms with Crippen LogP contribution in [0.3, 0.4) is 0 Å². The topological polar surface area (TPSA) is 29.5 Å². The molecule has 132 valence electrons. The standard InChI is InChI=1S/C19H18Cl2FNO2/c20-14-7-8-16(17(21)10-14)19(24)23-9-3-5-15(11-23)25-12-13-4-1-2-6-18(13)22/h1-2,4,6-8,10,15H,3,5,9,11-12H2. The summed E-state index contributed by atoms with van der Waals surface area (Å²) in [5, 5.41) is 0.832. The molecule has 2 aromatic carbocycles. The molecule has 0 spiro atoms. The fraction of sp³-hybridized carbons (Fsp3) is 0.316. The average Bonchev–Trinajstić information content (AvgIpc) is 2.61. The Morgan fingerprint density at radius 2 is 2.04 bits per heavy atom. The van der Waals surface area contributed by atoms with E-state index in [1.165, 1.54) is 6.07 Å². The zero-order valence-corrected chi connectivity index (χ0v) is 15.1. The van der Waals surface area contributed by atoms with Crippen LogP contribution in [0.15, 0.2) is 42.5 Å². The highest BCUT2D eigenvalue weighted by Gasteiger charge is 2.26. The number of amides is 1. The Balaban J connectivity index is 1.62. The molecular formula is C19H18Cl2FNO2. The molecule has 1 aliphatic heterocycles. The minimum atomic E-state index is -0.279. The Labute approximate surface area is 156 Å². The molecule has 1 amide bonds. The second kappa shape index (κ2) is 8.17. The molecule has 6 heteroatoms. The second-order valence-electron chi connectivity index (χ2n) is 6.04. The van der Waals surface area contributed by atoms with E-state index < -0.39 is 0 Å². The lowest BCUT2D eigenvalue weighted by atomic mass is 10.1. The van der Waals surface area contributed by atoms with Crippen LogP contribution in [0.4, 0.5) is 4.39 Å². The number of benzene rings is 2. The van der Waals surface area contributed by atoms with Gasteiger partial charge in [0, 0.05) is 23.7 Å². The molecule has 1 atom stereocenters. The van der Waals surface area contributed by atoms with Crippen molar-refractivity contribution < 1.29 is 13.9 Å². The van der Waals surface area contributed by atoms with Crippen molar-refractivity contribution in [2.45, 2.75) is 25.6 Å². The number of rotatable bonds is 4. The molecule has 0 aliphatic carbocycles. The maximum Gasteiger partial charge on any atom is 0.255 e. The zero-order chi connectivity index (χ0) is 17.8. The van der Waals surface area contributed by atoms with E-state index in [-0.39, 0.29) is 24.4 Å². The summed E-state index contributed by atoms with van der Waals surface area (Å²) in [4.78, 5) is 14.4. The van der Waals surface area contributed by atoms with E-state index in [4.69, 9.17) is 27.9 Å². The molecule has 0 radical (unpaired) electrons. The van der Waals surface area contributed by atoms with E-state index in [1.807, 2.05) is 0 Å². The minimum Gasteiger partial charge on any atom is -0.372 e. The first-order valence-electron chi connectivity index (χ1n) is 8.14. The number of carbonyl (C=O) groups excluding carboxylic acids is 1. The van der Waals surface area contributed by atoms with Crippen LogP contribution in [0.1, 0.15) is 28.8 Å². The van der Waals surface area contributed by atoms with Gasteiger partial charge in [0.1, 0.15) is 5.82 Å². The van der Waals surface area contributed by atoms with Gasteiger partial charge in [0.15, 0.2) is 0 Å². The van der Waals surface area contributed by atoms with Crippen LogP contribution in [0, 0.1) is 5.82 Å². The highest BCUT2D eigenvalue weighted by atomic mass is 35.5. The number of ether oxygens (including phenoxy) is 1. The van der Waals surface area contributed by atoms with Crippen LogP contribution < -0.4 is 0 Å². The third-order valence-corrected chi connectivity index (χ3v) is 4.81. The lowest BCUT2D eigenvalue weighted by Crippen LogP contribution is -2.43. The first-order chi connectivity index (χ1) is 12.0. The molecule has 1 aliphatic rings. The third kappa shape index (κ3) is 4.51. The van der Waals surface area contributed by atoms with Gasteiger partial charge in [-0.25, -0.2) is 4.39 Å². The molecule has 3 rings (SSSR count).